The van der Waals surface area contributed by atoms with Gasteiger partial charge in [-0.05, 0) is 18.6 Å². The monoisotopic (exact) mass is 214 g/mol. The lowest BCUT2D eigenvalue weighted by Crippen LogP contribution is -2.23. The predicted octanol–water partition coefficient (Wildman–Crippen LogP) is 3.26. The Morgan fingerprint density at radius 1 is 1.07 bits per heavy atom. The fourth-order valence-corrected chi connectivity index (χ4v) is 3.31. The maximum Gasteiger partial charge on any atom is 0.268 e. The van der Waals surface area contributed by atoms with Crippen molar-refractivity contribution in [2.24, 2.45) is 0 Å². The molecule has 15 heavy (non-hydrogen) atoms. The van der Waals surface area contributed by atoms with Crippen molar-refractivity contribution < 1.29 is 4.40 Å². The summed E-state index contributed by atoms with van der Waals surface area (Å²) in [5.74, 6) is 0. The van der Waals surface area contributed by atoms with Gasteiger partial charge in [0.05, 0.1) is 0 Å². The highest BCUT2D eigenvalue weighted by atomic mass is 32.1. The van der Waals surface area contributed by atoms with Gasteiger partial charge in [-0.3, -0.25) is 0 Å². The number of fused-ring (bicyclic) bond motifs is 3. The van der Waals surface area contributed by atoms with E-state index in [0.29, 0.717) is 0 Å². The molecule has 2 heterocycles. The Morgan fingerprint density at radius 2 is 1.87 bits per heavy atom. The zero-order valence-electron chi connectivity index (χ0n) is 8.82. The second kappa shape index (κ2) is 3.04. The number of pyridine rings is 1. The topological polar surface area (TPSA) is 4.10 Å². The minimum Gasteiger partial charge on any atom is -0.148 e. The third-order valence-corrected chi connectivity index (χ3v) is 3.76. The molecule has 0 atom stereocenters. The lowest BCUT2D eigenvalue weighted by atomic mass is 10.2. The van der Waals surface area contributed by atoms with Crippen molar-refractivity contribution in [2.75, 3.05) is 0 Å². The molecule has 0 fully saturated rings. The van der Waals surface area contributed by atoms with Gasteiger partial charge in [-0.1, -0.05) is 23.5 Å². The van der Waals surface area contributed by atoms with E-state index in [1.54, 1.807) is 0 Å². The van der Waals surface area contributed by atoms with Crippen LogP contribution in [0.25, 0.3) is 15.0 Å². The molecular formula is C13H12NS+. The molecule has 2 aromatic heterocycles. The Hall–Kier alpha value is -1.41. The fourth-order valence-electron chi connectivity index (χ4n) is 2.09. The first-order chi connectivity index (χ1) is 7.25. The number of benzene rings is 1. The number of para-hydroxylation sites is 1. The third kappa shape index (κ3) is 1.25. The molecule has 3 aromatic rings. The van der Waals surface area contributed by atoms with Gasteiger partial charge in [0.15, 0.2) is 5.69 Å². The molecule has 0 saturated heterocycles. The summed E-state index contributed by atoms with van der Waals surface area (Å²) in [6, 6.07) is 13.0. The molecule has 0 aliphatic heterocycles. The summed E-state index contributed by atoms with van der Waals surface area (Å²) in [6.07, 6.45) is 0. The zero-order chi connectivity index (χ0) is 10.4. The number of aryl methyl sites for hydroxylation is 2. The Labute approximate surface area is 92.6 Å². The van der Waals surface area contributed by atoms with Crippen LogP contribution in [0, 0.1) is 13.8 Å². The Morgan fingerprint density at radius 3 is 2.73 bits per heavy atom. The van der Waals surface area contributed by atoms with Gasteiger partial charge in [-0.25, -0.2) is 0 Å². The molecule has 0 spiro atoms. The van der Waals surface area contributed by atoms with Gasteiger partial charge >= 0.3 is 0 Å². The van der Waals surface area contributed by atoms with Crippen molar-refractivity contribution in [1.29, 1.82) is 0 Å². The van der Waals surface area contributed by atoms with Gasteiger partial charge < -0.3 is 0 Å². The van der Waals surface area contributed by atoms with Crippen molar-refractivity contribution in [3.8, 4) is 0 Å². The van der Waals surface area contributed by atoms with E-state index >= 15 is 0 Å². The van der Waals surface area contributed by atoms with E-state index in [2.05, 4.69) is 54.6 Å². The molecule has 0 aliphatic rings. The summed E-state index contributed by atoms with van der Waals surface area (Å²) in [7, 11) is 0. The second-order valence-electron chi connectivity index (χ2n) is 3.92. The molecule has 0 unspecified atom stereocenters. The Balaban J connectivity index is 2.61. The molecule has 0 N–H and O–H groups in total. The molecule has 2 heteroatoms. The van der Waals surface area contributed by atoms with E-state index in [1.807, 2.05) is 11.3 Å². The first-order valence-electron chi connectivity index (χ1n) is 5.06. The standard InChI is InChI=1S/C13H12NS/c1-9-7-10(2)14-11-5-3-4-6-12(11)15-13(14)8-9/h3-8H,1-2H3/q+1. The number of aromatic nitrogens is 1. The quantitative estimate of drug-likeness (QED) is 0.506. The van der Waals surface area contributed by atoms with Crippen LogP contribution in [0.15, 0.2) is 36.4 Å². The smallest absolute Gasteiger partial charge is 0.148 e. The molecule has 3 rings (SSSR count). The van der Waals surface area contributed by atoms with Crippen LogP contribution in [0.2, 0.25) is 0 Å². The zero-order valence-corrected chi connectivity index (χ0v) is 9.64. The molecule has 1 aromatic carbocycles. The minimum absolute atomic E-state index is 1.31. The number of rotatable bonds is 0. The van der Waals surface area contributed by atoms with Gasteiger partial charge in [-0.15, -0.1) is 4.40 Å². The molecule has 1 nitrogen and oxygen atoms in total. The van der Waals surface area contributed by atoms with Crippen molar-refractivity contribution in [3.05, 3.63) is 47.7 Å². The molecule has 0 saturated carbocycles. The normalized spacial score (nSPS) is 11.3. The number of thiazole rings is 1. The highest BCUT2D eigenvalue weighted by molar-refractivity contribution is 7.23. The summed E-state index contributed by atoms with van der Waals surface area (Å²) in [6.45, 7) is 4.32. The van der Waals surface area contributed by atoms with Crippen LogP contribution in [0.4, 0.5) is 0 Å². The van der Waals surface area contributed by atoms with Crippen LogP contribution in [-0.4, -0.2) is 0 Å². The number of hydrogen-bond donors (Lipinski definition) is 0. The highest BCUT2D eigenvalue weighted by Gasteiger charge is 2.15. The van der Waals surface area contributed by atoms with Crippen LogP contribution >= 0.6 is 11.3 Å². The van der Waals surface area contributed by atoms with E-state index < -0.39 is 0 Å². The highest BCUT2D eigenvalue weighted by Crippen LogP contribution is 2.22. The summed E-state index contributed by atoms with van der Waals surface area (Å²) in [5.41, 5.74) is 3.96. The average molecular weight is 214 g/mol. The second-order valence-corrected chi connectivity index (χ2v) is 4.98. The Bertz CT molecular complexity index is 652. The summed E-state index contributed by atoms with van der Waals surface area (Å²) >= 11 is 1.85. The molecule has 0 radical (unpaired) electrons. The van der Waals surface area contributed by atoms with E-state index in [4.69, 9.17) is 0 Å². The molecule has 74 valence electrons. The largest absolute Gasteiger partial charge is 0.268 e. The van der Waals surface area contributed by atoms with Crippen molar-refractivity contribution in [3.63, 3.8) is 0 Å². The lowest BCUT2D eigenvalue weighted by molar-refractivity contribution is -0.486. The average Bonchev–Trinajstić information content (AvgIpc) is 2.54. The summed E-state index contributed by atoms with van der Waals surface area (Å²) in [5, 5.41) is 0. The van der Waals surface area contributed by atoms with Gasteiger partial charge in [0, 0.05) is 25.1 Å². The number of hydrogen-bond acceptors (Lipinski definition) is 1. The van der Waals surface area contributed by atoms with E-state index in [0.717, 1.165) is 0 Å². The lowest BCUT2D eigenvalue weighted by Gasteiger charge is -1.92. The SMILES string of the molecule is Cc1cc(C)[n+]2c(c1)sc1ccccc12. The van der Waals surface area contributed by atoms with Gasteiger partial charge in [0.1, 0.15) is 4.70 Å². The molecule has 0 bridgehead atoms. The van der Waals surface area contributed by atoms with Crippen molar-refractivity contribution >= 4 is 26.4 Å². The van der Waals surface area contributed by atoms with E-state index in [1.165, 1.54) is 26.3 Å². The van der Waals surface area contributed by atoms with Crippen LogP contribution < -0.4 is 4.40 Å². The maximum atomic E-state index is 2.33. The van der Waals surface area contributed by atoms with Crippen molar-refractivity contribution in [1.82, 2.24) is 0 Å². The predicted molar refractivity (Wildman–Crippen MR) is 64.5 cm³/mol. The van der Waals surface area contributed by atoms with Crippen LogP contribution in [0.1, 0.15) is 11.3 Å². The Kier molecular flexibility index (Phi) is 1.80. The maximum absolute atomic E-state index is 2.33. The first-order valence-corrected chi connectivity index (χ1v) is 5.88. The number of nitrogens with zero attached hydrogens (tertiary/aromatic N) is 1. The van der Waals surface area contributed by atoms with E-state index in [9.17, 15) is 0 Å². The van der Waals surface area contributed by atoms with Gasteiger partial charge in [-0.2, -0.15) is 0 Å². The first kappa shape index (κ1) is 8.86. The van der Waals surface area contributed by atoms with Crippen LogP contribution in [0.5, 0.6) is 0 Å². The van der Waals surface area contributed by atoms with Gasteiger partial charge in [0.2, 0.25) is 5.52 Å². The molecular weight excluding hydrogens is 202 g/mol. The van der Waals surface area contributed by atoms with E-state index in [-0.39, 0.29) is 0 Å². The van der Waals surface area contributed by atoms with Gasteiger partial charge in [0.25, 0.3) is 4.83 Å². The molecule has 0 amide bonds. The summed E-state index contributed by atoms with van der Waals surface area (Å²) in [4.78, 5) is 1.33. The molecule has 0 aliphatic carbocycles. The summed E-state index contributed by atoms with van der Waals surface area (Å²) < 4.78 is 3.68. The third-order valence-electron chi connectivity index (χ3n) is 2.68. The van der Waals surface area contributed by atoms with Crippen LogP contribution in [-0.2, 0) is 0 Å². The fraction of sp³-hybridized carbons (Fsp3) is 0.154. The minimum atomic E-state index is 1.31. The van der Waals surface area contributed by atoms with Crippen LogP contribution in [0.3, 0.4) is 0 Å². The van der Waals surface area contributed by atoms with Crippen molar-refractivity contribution in [2.45, 2.75) is 13.8 Å².